The molecular formula is C16H36N2. The third-order valence-electron chi connectivity index (χ3n) is 3.32. The van der Waals surface area contributed by atoms with E-state index in [0.717, 1.165) is 24.9 Å². The summed E-state index contributed by atoms with van der Waals surface area (Å²) in [5.74, 6) is 1.60. The molecule has 0 radical (unpaired) electrons. The predicted octanol–water partition coefficient (Wildman–Crippen LogP) is 3.77. The Balaban J connectivity index is 4.26. The molecule has 0 aliphatic heterocycles. The summed E-state index contributed by atoms with van der Waals surface area (Å²) in [6, 6.07) is 0. The molecule has 0 atom stereocenters. The Morgan fingerprint density at radius 3 is 1.72 bits per heavy atom. The van der Waals surface area contributed by atoms with Crippen molar-refractivity contribution in [1.29, 1.82) is 0 Å². The maximum Gasteiger partial charge on any atom is 0.0252 e. The van der Waals surface area contributed by atoms with Gasteiger partial charge in [-0.2, -0.15) is 0 Å². The fraction of sp³-hybridized carbons (Fsp3) is 1.00. The van der Waals surface area contributed by atoms with Gasteiger partial charge in [-0.1, -0.05) is 34.6 Å². The maximum atomic E-state index is 3.59. The lowest BCUT2D eigenvalue weighted by molar-refractivity contribution is 0.185. The fourth-order valence-corrected chi connectivity index (χ4v) is 2.24. The van der Waals surface area contributed by atoms with Crippen molar-refractivity contribution in [1.82, 2.24) is 10.2 Å². The van der Waals surface area contributed by atoms with E-state index in [4.69, 9.17) is 0 Å². The second-order valence-corrected chi connectivity index (χ2v) is 7.06. The van der Waals surface area contributed by atoms with Crippen molar-refractivity contribution >= 4 is 0 Å². The van der Waals surface area contributed by atoms with Crippen LogP contribution in [0, 0.1) is 11.8 Å². The van der Waals surface area contributed by atoms with Crippen LogP contribution in [-0.2, 0) is 0 Å². The van der Waals surface area contributed by atoms with Gasteiger partial charge in [0.1, 0.15) is 0 Å². The standard InChI is InChI=1S/C16H36N2/c1-8-17-16(6,7)13-18(11-9-14(2)3)12-10-15(4)5/h14-15,17H,8-13H2,1-7H3. The van der Waals surface area contributed by atoms with Crippen molar-refractivity contribution in [3.63, 3.8) is 0 Å². The molecule has 2 nitrogen and oxygen atoms in total. The van der Waals surface area contributed by atoms with Gasteiger partial charge >= 0.3 is 0 Å². The molecule has 0 fully saturated rings. The van der Waals surface area contributed by atoms with E-state index < -0.39 is 0 Å². The normalized spacial score (nSPS) is 13.0. The summed E-state index contributed by atoms with van der Waals surface area (Å²) in [6.45, 7) is 20.8. The smallest absolute Gasteiger partial charge is 0.0252 e. The highest BCUT2D eigenvalue weighted by molar-refractivity contribution is 4.81. The minimum atomic E-state index is 0.225. The third-order valence-corrected chi connectivity index (χ3v) is 3.32. The first-order valence-corrected chi connectivity index (χ1v) is 7.74. The molecule has 1 N–H and O–H groups in total. The first-order chi connectivity index (χ1) is 8.26. The summed E-state index contributed by atoms with van der Waals surface area (Å²) < 4.78 is 0. The van der Waals surface area contributed by atoms with Crippen LogP contribution < -0.4 is 5.32 Å². The summed E-state index contributed by atoms with van der Waals surface area (Å²) in [5, 5.41) is 3.59. The Labute approximate surface area is 116 Å². The van der Waals surface area contributed by atoms with Gasteiger partial charge < -0.3 is 10.2 Å². The van der Waals surface area contributed by atoms with Crippen LogP contribution in [0.1, 0.15) is 61.3 Å². The molecule has 0 aromatic heterocycles. The molecule has 18 heavy (non-hydrogen) atoms. The Morgan fingerprint density at radius 2 is 1.39 bits per heavy atom. The van der Waals surface area contributed by atoms with Gasteiger partial charge in [0.05, 0.1) is 0 Å². The van der Waals surface area contributed by atoms with Gasteiger partial charge in [0.25, 0.3) is 0 Å². The lowest BCUT2D eigenvalue weighted by Crippen LogP contribution is -2.49. The number of hydrogen-bond acceptors (Lipinski definition) is 2. The van der Waals surface area contributed by atoms with E-state index in [-0.39, 0.29) is 5.54 Å². The van der Waals surface area contributed by atoms with Crippen LogP contribution in [0.2, 0.25) is 0 Å². The van der Waals surface area contributed by atoms with E-state index in [1.165, 1.54) is 25.9 Å². The zero-order valence-corrected chi connectivity index (χ0v) is 13.8. The van der Waals surface area contributed by atoms with Gasteiger partial charge in [-0.3, -0.25) is 0 Å². The monoisotopic (exact) mass is 256 g/mol. The number of hydrogen-bond donors (Lipinski definition) is 1. The Morgan fingerprint density at radius 1 is 0.944 bits per heavy atom. The van der Waals surface area contributed by atoms with Gasteiger partial charge in [-0.25, -0.2) is 0 Å². The zero-order chi connectivity index (χ0) is 14.2. The minimum absolute atomic E-state index is 0.225. The van der Waals surface area contributed by atoms with E-state index in [1.54, 1.807) is 0 Å². The second kappa shape index (κ2) is 8.92. The Kier molecular flexibility index (Phi) is 8.89. The van der Waals surface area contributed by atoms with Crippen molar-refractivity contribution in [3.8, 4) is 0 Å². The van der Waals surface area contributed by atoms with E-state index >= 15 is 0 Å². The molecule has 2 heteroatoms. The summed E-state index contributed by atoms with van der Waals surface area (Å²) in [6.07, 6.45) is 2.61. The van der Waals surface area contributed by atoms with Crippen LogP contribution in [-0.4, -0.2) is 36.6 Å². The van der Waals surface area contributed by atoms with E-state index in [2.05, 4.69) is 58.7 Å². The molecule has 110 valence electrons. The molecule has 0 amide bonds. The van der Waals surface area contributed by atoms with Crippen molar-refractivity contribution in [2.75, 3.05) is 26.2 Å². The number of likely N-dealkylation sites (N-methyl/N-ethyl adjacent to an activating group) is 1. The number of rotatable bonds is 10. The predicted molar refractivity (Wildman–Crippen MR) is 83.1 cm³/mol. The topological polar surface area (TPSA) is 15.3 Å². The van der Waals surface area contributed by atoms with Crippen molar-refractivity contribution in [2.24, 2.45) is 11.8 Å². The van der Waals surface area contributed by atoms with Gasteiger partial charge in [0, 0.05) is 12.1 Å². The molecule has 0 rings (SSSR count). The molecule has 0 aromatic carbocycles. The second-order valence-electron chi connectivity index (χ2n) is 7.06. The number of nitrogens with one attached hydrogen (secondary N) is 1. The van der Waals surface area contributed by atoms with Crippen LogP contribution in [0.5, 0.6) is 0 Å². The highest BCUT2D eigenvalue weighted by atomic mass is 15.2. The highest BCUT2D eigenvalue weighted by Gasteiger charge is 2.20. The van der Waals surface area contributed by atoms with Crippen LogP contribution in [0.3, 0.4) is 0 Å². The van der Waals surface area contributed by atoms with Crippen LogP contribution in [0.4, 0.5) is 0 Å². The maximum absolute atomic E-state index is 3.59. The van der Waals surface area contributed by atoms with Gasteiger partial charge in [-0.15, -0.1) is 0 Å². The zero-order valence-electron chi connectivity index (χ0n) is 13.8. The lowest BCUT2D eigenvalue weighted by Gasteiger charge is -2.34. The first-order valence-electron chi connectivity index (χ1n) is 7.74. The highest BCUT2D eigenvalue weighted by Crippen LogP contribution is 2.11. The Bertz CT molecular complexity index is 185. The van der Waals surface area contributed by atoms with Crippen molar-refractivity contribution in [2.45, 2.75) is 66.8 Å². The average Bonchev–Trinajstić information content (AvgIpc) is 2.21. The van der Waals surface area contributed by atoms with Crippen LogP contribution >= 0.6 is 0 Å². The molecule has 0 aliphatic carbocycles. The summed E-state index contributed by atoms with van der Waals surface area (Å²) >= 11 is 0. The van der Waals surface area contributed by atoms with Gasteiger partial charge in [-0.05, 0) is 58.2 Å². The molecule has 0 unspecified atom stereocenters. The van der Waals surface area contributed by atoms with E-state index in [9.17, 15) is 0 Å². The molecule has 0 heterocycles. The van der Waals surface area contributed by atoms with Crippen molar-refractivity contribution < 1.29 is 0 Å². The fourth-order valence-electron chi connectivity index (χ4n) is 2.24. The lowest BCUT2D eigenvalue weighted by atomic mass is 10.0. The van der Waals surface area contributed by atoms with E-state index in [0.29, 0.717) is 0 Å². The SMILES string of the molecule is CCNC(C)(C)CN(CCC(C)C)CCC(C)C. The van der Waals surface area contributed by atoms with Crippen LogP contribution in [0.25, 0.3) is 0 Å². The average molecular weight is 256 g/mol. The number of nitrogens with zero attached hydrogens (tertiary/aromatic N) is 1. The summed E-state index contributed by atoms with van der Waals surface area (Å²) in [5.41, 5.74) is 0.225. The molecule has 0 saturated heterocycles. The molecular weight excluding hydrogens is 220 g/mol. The van der Waals surface area contributed by atoms with Gasteiger partial charge in [0.15, 0.2) is 0 Å². The quantitative estimate of drug-likeness (QED) is 0.640. The molecule has 0 spiro atoms. The third kappa shape index (κ3) is 9.90. The largest absolute Gasteiger partial charge is 0.311 e. The molecule has 0 aromatic rings. The molecule has 0 aliphatic rings. The minimum Gasteiger partial charge on any atom is -0.311 e. The summed E-state index contributed by atoms with van der Waals surface area (Å²) in [4.78, 5) is 2.64. The van der Waals surface area contributed by atoms with Crippen LogP contribution in [0.15, 0.2) is 0 Å². The molecule has 0 bridgehead atoms. The van der Waals surface area contributed by atoms with E-state index in [1.807, 2.05) is 0 Å². The Hall–Kier alpha value is -0.0800. The van der Waals surface area contributed by atoms with Gasteiger partial charge in [0.2, 0.25) is 0 Å². The van der Waals surface area contributed by atoms with Crippen molar-refractivity contribution in [3.05, 3.63) is 0 Å². The first kappa shape index (κ1) is 17.9. The summed E-state index contributed by atoms with van der Waals surface area (Å²) in [7, 11) is 0. The molecule has 0 saturated carbocycles.